The summed E-state index contributed by atoms with van der Waals surface area (Å²) in [5.74, 6) is -0.143. The van der Waals surface area contributed by atoms with Crippen LogP contribution < -0.4 is 16.0 Å². The highest BCUT2D eigenvalue weighted by molar-refractivity contribution is 9.10. The largest absolute Gasteiger partial charge is 0.337 e. The summed E-state index contributed by atoms with van der Waals surface area (Å²) in [7, 11) is 0. The fourth-order valence-corrected chi connectivity index (χ4v) is 2.57. The number of halogens is 1. The summed E-state index contributed by atoms with van der Waals surface area (Å²) in [5.41, 5.74) is 1.44. The lowest BCUT2D eigenvalue weighted by molar-refractivity contribution is -0.116. The minimum Gasteiger partial charge on any atom is -0.337 e. The van der Waals surface area contributed by atoms with E-state index in [-0.39, 0.29) is 24.9 Å². The lowest BCUT2D eigenvalue weighted by atomic mass is 10.3. The molecule has 0 aliphatic carbocycles. The van der Waals surface area contributed by atoms with E-state index in [1.165, 1.54) is 0 Å². The van der Waals surface area contributed by atoms with E-state index >= 15 is 0 Å². The van der Waals surface area contributed by atoms with Crippen molar-refractivity contribution in [3.8, 4) is 0 Å². The summed E-state index contributed by atoms with van der Waals surface area (Å²) in [5, 5.41) is 8.15. The molecule has 0 aliphatic rings. The van der Waals surface area contributed by atoms with Gasteiger partial charge in [-0.25, -0.2) is 4.79 Å². The lowest BCUT2D eigenvalue weighted by Gasteiger charge is -2.08. The first-order valence-electron chi connectivity index (χ1n) is 7.31. The van der Waals surface area contributed by atoms with Crippen molar-refractivity contribution in [2.75, 3.05) is 23.4 Å². The van der Waals surface area contributed by atoms with Crippen molar-refractivity contribution in [2.24, 2.45) is 0 Å². The number of nitrogens with one attached hydrogen (secondary N) is 3. The van der Waals surface area contributed by atoms with Crippen LogP contribution >= 0.6 is 27.7 Å². The number of amides is 3. The Bertz CT molecular complexity index is 690. The average molecular weight is 408 g/mol. The number of anilines is 2. The monoisotopic (exact) mass is 407 g/mol. The standard InChI is InChI=1S/C17H18BrN3O2S/c1-24-15-8-6-13(7-9-15)20-16(22)10-11-19-17(23)21-14-4-2-12(18)3-5-14/h2-9H,10-11H2,1H3,(H,20,22)(H2,19,21,23). The molecule has 3 amide bonds. The maximum absolute atomic E-state index is 11.9. The molecule has 0 aliphatic heterocycles. The van der Waals surface area contributed by atoms with Gasteiger partial charge in [-0.1, -0.05) is 15.9 Å². The molecule has 7 heteroatoms. The number of benzene rings is 2. The van der Waals surface area contributed by atoms with Gasteiger partial charge in [0.15, 0.2) is 0 Å². The van der Waals surface area contributed by atoms with Gasteiger partial charge in [0.05, 0.1) is 0 Å². The van der Waals surface area contributed by atoms with E-state index in [0.29, 0.717) is 5.69 Å². The zero-order valence-corrected chi connectivity index (χ0v) is 15.5. The SMILES string of the molecule is CSc1ccc(NC(=O)CCNC(=O)Nc2ccc(Br)cc2)cc1. The van der Waals surface area contributed by atoms with Crippen LogP contribution in [0, 0.1) is 0 Å². The van der Waals surface area contributed by atoms with Crippen molar-refractivity contribution in [3.63, 3.8) is 0 Å². The molecular weight excluding hydrogens is 390 g/mol. The molecule has 0 fully saturated rings. The second kappa shape index (κ2) is 9.34. The maximum Gasteiger partial charge on any atom is 0.319 e. The fourth-order valence-electron chi connectivity index (χ4n) is 1.90. The van der Waals surface area contributed by atoms with E-state index < -0.39 is 0 Å². The fraction of sp³-hybridized carbons (Fsp3) is 0.176. The van der Waals surface area contributed by atoms with Crippen LogP contribution in [0.15, 0.2) is 57.9 Å². The summed E-state index contributed by atoms with van der Waals surface area (Å²) < 4.78 is 0.940. The van der Waals surface area contributed by atoms with Crippen LogP contribution in [-0.2, 0) is 4.79 Å². The second-order valence-electron chi connectivity index (χ2n) is 4.91. The quantitative estimate of drug-likeness (QED) is 0.624. The van der Waals surface area contributed by atoms with Crippen LogP contribution in [0.3, 0.4) is 0 Å². The van der Waals surface area contributed by atoms with E-state index in [0.717, 1.165) is 15.1 Å². The number of carbonyl (C=O) groups excluding carboxylic acids is 2. The molecule has 0 saturated carbocycles. The molecule has 24 heavy (non-hydrogen) atoms. The van der Waals surface area contributed by atoms with Crippen molar-refractivity contribution in [1.29, 1.82) is 0 Å². The summed E-state index contributed by atoms with van der Waals surface area (Å²) >= 11 is 4.98. The van der Waals surface area contributed by atoms with Crippen LogP contribution in [0.1, 0.15) is 6.42 Å². The Kier molecular flexibility index (Phi) is 7.14. The molecular formula is C17H18BrN3O2S. The third-order valence-corrected chi connectivity index (χ3v) is 4.39. The van der Waals surface area contributed by atoms with E-state index in [4.69, 9.17) is 0 Å². The Balaban J connectivity index is 1.69. The molecule has 0 unspecified atom stereocenters. The summed E-state index contributed by atoms with van der Waals surface area (Å²) in [4.78, 5) is 24.7. The molecule has 0 bridgehead atoms. The molecule has 0 heterocycles. The van der Waals surface area contributed by atoms with Crippen LogP contribution in [-0.4, -0.2) is 24.7 Å². The molecule has 0 spiro atoms. The summed E-state index contributed by atoms with van der Waals surface area (Å²) in [6.07, 6.45) is 2.20. The molecule has 0 radical (unpaired) electrons. The first-order chi connectivity index (χ1) is 11.6. The molecule has 2 aromatic rings. The molecule has 0 saturated heterocycles. The van der Waals surface area contributed by atoms with Crippen LogP contribution in [0.2, 0.25) is 0 Å². The van der Waals surface area contributed by atoms with Gasteiger partial charge in [-0.3, -0.25) is 4.79 Å². The van der Waals surface area contributed by atoms with Gasteiger partial charge in [-0.2, -0.15) is 0 Å². The molecule has 0 atom stereocenters. The number of rotatable bonds is 6. The predicted octanol–water partition coefficient (Wildman–Crippen LogP) is 4.32. The van der Waals surface area contributed by atoms with E-state index in [2.05, 4.69) is 31.9 Å². The van der Waals surface area contributed by atoms with Gasteiger partial charge in [0, 0.05) is 33.7 Å². The van der Waals surface area contributed by atoms with Gasteiger partial charge in [0.1, 0.15) is 0 Å². The number of urea groups is 1. The molecule has 5 nitrogen and oxygen atoms in total. The smallest absolute Gasteiger partial charge is 0.319 e. The maximum atomic E-state index is 11.9. The highest BCUT2D eigenvalue weighted by atomic mass is 79.9. The predicted molar refractivity (Wildman–Crippen MR) is 103 cm³/mol. The topological polar surface area (TPSA) is 70.2 Å². The molecule has 3 N–H and O–H groups in total. The van der Waals surface area contributed by atoms with Crippen molar-refractivity contribution in [1.82, 2.24) is 5.32 Å². The Morgan fingerprint density at radius 1 is 0.958 bits per heavy atom. The van der Waals surface area contributed by atoms with Crippen molar-refractivity contribution >= 4 is 51.0 Å². The van der Waals surface area contributed by atoms with Crippen LogP contribution in [0.25, 0.3) is 0 Å². The van der Waals surface area contributed by atoms with Gasteiger partial charge in [-0.05, 0) is 54.8 Å². The van der Waals surface area contributed by atoms with Crippen molar-refractivity contribution in [3.05, 3.63) is 53.0 Å². The summed E-state index contributed by atoms with van der Waals surface area (Å²) in [6, 6.07) is 14.5. The van der Waals surface area contributed by atoms with Gasteiger partial charge < -0.3 is 16.0 Å². The third kappa shape index (κ3) is 6.25. The first-order valence-corrected chi connectivity index (χ1v) is 9.33. The summed E-state index contributed by atoms with van der Waals surface area (Å²) in [6.45, 7) is 0.261. The third-order valence-electron chi connectivity index (χ3n) is 3.11. The Hall–Kier alpha value is -1.99. The van der Waals surface area contributed by atoms with E-state index in [1.54, 1.807) is 23.9 Å². The minimum absolute atomic E-state index is 0.143. The molecule has 2 rings (SSSR count). The van der Waals surface area contributed by atoms with E-state index in [9.17, 15) is 9.59 Å². The Morgan fingerprint density at radius 2 is 1.54 bits per heavy atom. The van der Waals surface area contributed by atoms with Gasteiger partial charge in [-0.15, -0.1) is 11.8 Å². The van der Waals surface area contributed by atoms with Gasteiger partial charge >= 0.3 is 6.03 Å². The van der Waals surface area contributed by atoms with E-state index in [1.807, 2.05) is 42.7 Å². The molecule has 126 valence electrons. The van der Waals surface area contributed by atoms with Gasteiger partial charge in [0.2, 0.25) is 5.91 Å². The van der Waals surface area contributed by atoms with Crippen LogP contribution in [0.4, 0.5) is 16.2 Å². The minimum atomic E-state index is -0.338. The molecule has 2 aromatic carbocycles. The number of hydrogen-bond donors (Lipinski definition) is 3. The lowest BCUT2D eigenvalue weighted by Crippen LogP contribution is -2.31. The van der Waals surface area contributed by atoms with Crippen LogP contribution in [0.5, 0.6) is 0 Å². The van der Waals surface area contributed by atoms with Crippen molar-refractivity contribution < 1.29 is 9.59 Å². The Morgan fingerprint density at radius 3 is 2.17 bits per heavy atom. The average Bonchev–Trinajstić information content (AvgIpc) is 2.57. The zero-order valence-electron chi connectivity index (χ0n) is 13.1. The first kappa shape index (κ1) is 18.4. The highest BCUT2D eigenvalue weighted by Gasteiger charge is 2.05. The number of thioether (sulfide) groups is 1. The van der Waals surface area contributed by atoms with Gasteiger partial charge in [0.25, 0.3) is 0 Å². The second-order valence-corrected chi connectivity index (χ2v) is 6.71. The molecule has 0 aromatic heterocycles. The zero-order chi connectivity index (χ0) is 17.4. The van der Waals surface area contributed by atoms with Crippen molar-refractivity contribution in [2.45, 2.75) is 11.3 Å². The number of hydrogen-bond acceptors (Lipinski definition) is 3. The normalized spacial score (nSPS) is 10.1. The number of carbonyl (C=O) groups is 2. The highest BCUT2D eigenvalue weighted by Crippen LogP contribution is 2.17. The Labute approximate surface area is 153 Å².